The number of carbonyl (C=O) groups is 1. The highest BCUT2D eigenvalue weighted by atomic mass is 16.1. The second kappa shape index (κ2) is 5.88. The fourth-order valence-electron chi connectivity index (χ4n) is 2.67. The Bertz CT molecular complexity index is 595. The average molecular weight is 266 g/mol. The van der Waals surface area contributed by atoms with Gasteiger partial charge < -0.3 is 10.6 Å². The van der Waals surface area contributed by atoms with Crippen molar-refractivity contribution in [3.05, 3.63) is 65.7 Å². The van der Waals surface area contributed by atoms with Crippen LogP contribution in [0.1, 0.15) is 23.5 Å². The molecule has 1 amide bonds. The molecule has 0 bridgehead atoms. The van der Waals surface area contributed by atoms with Crippen molar-refractivity contribution in [3.63, 3.8) is 0 Å². The first-order chi connectivity index (χ1) is 9.83. The minimum atomic E-state index is 0.107. The molecule has 0 saturated carbocycles. The molecule has 2 aromatic carbocycles. The van der Waals surface area contributed by atoms with Crippen LogP contribution in [-0.4, -0.2) is 12.5 Å². The summed E-state index contributed by atoms with van der Waals surface area (Å²) in [6.07, 6.45) is 0.554. The van der Waals surface area contributed by atoms with Crippen molar-refractivity contribution < 1.29 is 4.79 Å². The summed E-state index contributed by atoms with van der Waals surface area (Å²) in [5.74, 6) is 0.360. The topological polar surface area (TPSA) is 41.1 Å². The number of fused-ring (bicyclic) bond motifs is 1. The summed E-state index contributed by atoms with van der Waals surface area (Å²) in [6.45, 7) is 1.65. The number of hydrogen-bond donors (Lipinski definition) is 2. The number of hydrogen-bond acceptors (Lipinski definition) is 2. The lowest BCUT2D eigenvalue weighted by molar-refractivity contribution is -0.116. The third-order valence-corrected chi connectivity index (χ3v) is 3.67. The largest absolute Gasteiger partial charge is 0.326 e. The minimum Gasteiger partial charge on any atom is -0.326 e. The molecule has 1 aliphatic heterocycles. The molecule has 0 aromatic heterocycles. The number of carbonyl (C=O) groups excluding carboxylic acids is 1. The zero-order chi connectivity index (χ0) is 13.8. The fraction of sp³-hybridized carbons (Fsp3) is 0.235. The molecule has 3 rings (SSSR count). The molecule has 0 unspecified atom stereocenters. The van der Waals surface area contributed by atoms with Gasteiger partial charge in [0.1, 0.15) is 0 Å². The van der Waals surface area contributed by atoms with Crippen LogP contribution < -0.4 is 10.6 Å². The van der Waals surface area contributed by atoms with Gasteiger partial charge in [0, 0.05) is 31.1 Å². The molecule has 3 nitrogen and oxygen atoms in total. The Kier molecular flexibility index (Phi) is 3.79. The molecule has 0 fully saturated rings. The number of para-hydroxylation sites is 1. The van der Waals surface area contributed by atoms with E-state index < -0.39 is 0 Å². The van der Waals surface area contributed by atoms with Crippen LogP contribution in [0.25, 0.3) is 0 Å². The van der Waals surface area contributed by atoms with Crippen molar-refractivity contribution in [3.8, 4) is 0 Å². The first-order valence-corrected chi connectivity index (χ1v) is 6.96. The molecule has 1 aliphatic rings. The SMILES string of the molecule is O=C1C[C@H](CNCc2ccccc2)c2ccccc2N1. The van der Waals surface area contributed by atoms with Gasteiger partial charge >= 0.3 is 0 Å². The molecule has 3 heteroatoms. The monoisotopic (exact) mass is 266 g/mol. The van der Waals surface area contributed by atoms with E-state index in [4.69, 9.17) is 0 Å². The maximum absolute atomic E-state index is 11.7. The Labute approximate surface area is 119 Å². The van der Waals surface area contributed by atoms with E-state index in [0.29, 0.717) is 6.42 Å². The summed E-state index contributed by atoms with van der Waals surface area (Å²) in [5, 5.41) is 6.38. The molecule has 0 spiro atoms. The summed E-state index contributed by atoms with van der Waals surface area (Å²) in [6, 6.07) is 18.4. The van der Waals surface area contributed by atoms with Gasteiger partial charge in [-0.3, -0.25) is 4.79 Å². The van der Waals surface area contributed by atoms with Crippen molar-refractivity contribution in [2.75, 3.05) is 11.9 Å². The van der Waals surface area contributed by atoms with Crippen molar-refractivity contribution in [1.29, 1.82) is 0 Å². The standard InChI is InChI=1S/C17H18N2O/c20-17-10-14(15-8-4-5-9-16(15)19-17)12-18-11-13-6-2-1-3-7-13/h1-9,14,18H,10-12H2,(H,19,20)/t14-/m1/s1. The van der Waals surface area contributed by atoms with Gasteiger partial charge in [-0.25, -0.2) is 0 Å². The van der Waals surface area contributed by atoms with Gasteiger partial charge in [-0.2, -0.15) is 0 Å². The van der Waals surface area contributed by atoms with Gasteiger partial charge in [0.05, 0.1) is 0 Å². The van der Waals surface area contributed by atoms with Crippen molar-refractivity contribution >= 4 is 11.6 Å². The minimum absolute atomic E-state index is 0.107. The number of benzene rings is 2. The van der Waals surface area contributed by atoms with Crippen LogP contribution in [-0.2, 0) is 11.3 Å². The number of rotatable bonds is 4. The molecule has 102 valence electrons. The van der Waals surface area contributed by atoms with Gasteiger partial charge in [-0.15, -0.1) is 0 Å². The van der Waals surface area contributed by atoms with E-state index in [0.717, 1.165) is 18.8 Å². The molecule has 0 radical (unpaired) electrons. The lowest BCUT2D eigenvalue weighted by Gasteiger charge is -2.25. The summed E-state index contributed by atoms with van der Waals surface area (Å²) in [5.41, 5.74) is 3.45. The molecule has 1 heterocycles. The van der Waals surface area contributed by atoms with Gasteiger partial charge in [-0.05, 0) is 17.2 Å². The van der Waals surface area contributed by atoms with Crippen molar-refractivity contribution in [1.82, 2.24) is 5.32 Å². The normalized spacial score (nSPS) is 17.4. The van der Waals surface area contributed by atoms with E-state index in [1.165, 1.54) is 11.1 Å². The van der Waals surface area contributed by atoms with Gasteiger partial charge in [0.15, 0.2) is 0 Å². The Morgan fingerprint density at radius 3 is 2.65 bits per heavy atom. The zero-order valence-electron chi connectivity index (χ0n) is 11.3. The Morgan fingerprint density at radius 2 is 1.80 bits per heavy atom. The molecule has 0 saturated heterocycles. The van der Waals surface area contributed by atoms with E-state index in [1.807, 2.05) is 36.4 Å². The first-order valence-electron chi connectivity index (χ1n) is 6.96. The van der Waals surface area contributed by atoms with Gasteiger partial charge in [-0.1, -0.05) is 48.5 Å². The number of anilines is 1. The quantitative estimate of drug-likeness (QED) is 0.893. The molecule has 0 aliphatic carbocycles. The lowest BCUT2D eigenvalue weighted by Crippen LogP contribution is -2.29. The molecular formula is C17H18N2O. The van der Waals surface area contributed by atoms with Gasteiger partial charge in [0.2, 0.25) is 5.91 Å². The average Bonchev–Trinajstić information content (AvgIpc) is 2.48. The van der Waals surface area contributed by atoms with E-state index in [1.54, 1.807) is 0 Å². The van der Waals surface area contributed by atoms with Crippen LogP contribution in [0.5, 0.6) is 0 Å². The molecule has 1 atom stereocenters. The van der Waals surface area contributed by atoms with Crippen LogP contribution in [0.3, 0.4) is 0 Å². The van der Waals surface area contributed by atoms with E-state index >= 15 is 0 Å². The highest BCUT2D eigenvalue weighted by molar-refractivity contribution is 5.94. The third kappa shape index (κ3) is 2.89. The van der Waals surface area contributed by atoms with Crippen molar-refractivity contribution in [2.24, 2.45) is 0 Å². The Hall–Kier alpha value is -2.13. The zero-order valence-corrected chi connectivity index (χ0v) is 11.3. The summed E-state index contributed by atoms with van der Waals surface area (Å²) in [7, 11) is 0. The highest BCUT2D eigenvalue weighted by Crippen LogP contribution is 2.31. The Morgan fingerprint density at radius 1 is 1.05 bits per heavy atom. The van der Waals surface area contributed by atoms with Crippen LogP contribution in [0.4, 0.5) is 5.69 Å². The summed E-state index contributed by atoms with van der Waals surface area (Å²) in [4.78, 5) is 11.7. The molecular weight excluding hydrogens is 248 g/mol. The second-order valence-electron chi connectivity index (χ2n) is 5.15. The molecule has 2 aromatic rings. The number of nitrogens with one attached hydrogen (secondary N) is 2. The summed E-state index contributed by atoms with van der Waals surface area (Å²) < 4.78 is 0. The maximum Gasteiger partial charge on any atom is 0.225 e. The smallest absolute Gasteiger partial charge is 0.225 e. The molecule has 20 heavy (non-hydrogen) atoms. The van der Waals surface area contributed by atoms with E-state index in [9.17, 15) is 4.79 Å². The van der Waals surface area contributed by atoms with E-state index in [-0.39, 0.29) is 11.8 Å². The predicted molar refractivity (Wildman–Crippen MR) is 80.6 cm³/mol. The highest BCUT2D eigenvalue weighted by Gasteiger charge is 2.24. The third-order valence-electron chi connectivity index (χ3n) is 3.67. The molecule has 2 N–H and O–H groups in total. The summed E-state index contributed by atoms with van der Waals surface area (Å²) >= 11 is 0. The van der Waals surface area contributed by atoms with Gasteiger partial charge in [0.25, 0.3) is 0 Å². The fourth-order valence-corrected chi connectivity index (χ4v) is 2.67. The lowest BCUT2D eigenvalue weighted by atomic mass is 9.90. The van der Waals surface area contributed by atoms with E-state index in [2.05, 4.69) is 28.8 Å². The maximum atomic E-state index is 11.7. The number of amides is 1. The van der Waals surface area contributed by atoms with Crippen LogP contribution in [0, 0.1) is 0 Å². The Balaban J connectivity index is 1.64. The van der Waals surface area contributed by atoms with Crippen LogP contribution in [0.15, 0.2) is 54.6 Å². The van der Waals surface area contributed by atoms with Crippen LogP contribution in [0.2, 0.25) is 0 Å². The van der Waals surface area contributed by atoms with Crippen LogP contribution >= 0.6 is 0 Å². The second-order valence-corrected chi connectivity index (χ2v) is 5.15. The van der Waals surface area contributed by atoms with Crippen molar-refractivity contribution in [2.45, 2.75) is 18.9 Å². The first kappa shape index (κ1) is 12.9. The predicted octanol–water partition coefficient (Wildman–Crippen LogP) is 2.90.